The quantitative estimate of drug-likeness (QED) is 0.804. The van der Waals surface area contributed by atoms with Gasteiger partial charge in [0, 0.05) is 43.8 Å². The van der Waals surface area contributed by atoms with Crippen LogP contribution in [0.25, 0.3) is 16.9 Å². The summed E-state index contributed by atoms with van der Waals surface area (Å²) in [6, 6.07) is 8.46. The highest BCUT2D eigenvalue weighted by Gasteiger charge is 2.18. The summed E-state index contributed by atoms with van der Waals surface area (Å²) in [5.74, 6) is 0.780. The number of hydrogen-bond donors (Lipinski definition) is 1. The van der Waals surface area contributed by atoms with Gasteiger partial charge in [0.25, 0.3) is 0 Å². The average Bonchev–Trinajstić information content (AvgIpc) is 3.06. The molecule has 0 atom stereocenters. The van der Waals surface area contributed by atoms with Crippen LogP contribution in [0, 0.1) is 0 Å². The molecule has 23 heavy (non-hydrogen) atoms. The number of anilines is 2. The molecule has 0 aliphatic carbocycles. The van der Waals surface area contributed by atoms with Gasteiger partial charge in [-0.2, -0.15) is 0 Å². The van der Waals surface area contributed by atoms with E-state index in [9.17, 15) is 0 Å². The molecular formula is C17H19N5O. The van der Waals surface area contributed by atoms with Crippen molar-refractivity contribution in [1.82, 2.24) is 14.4 Å². The van der Waals surface area contributed by atoms with Gasteiger partial charge in [0.2, 0.25) is 0 Å². The fourth-order valence-electron chi connectivity index (χ4n) is 3.07. The highest BCUT2D eigenvalue weighted by molar-refractivity contribution is 5.79. The number of nitrogens with one attached hydrogen (secondary N) is 1. The van der Waals surface area contributed by atoms with Gasteiger partial charge in [0.15, 0.2) is 11.5 Å². The zero-order valence-corrected chi connectivity index (χ0v) is 13.1. The molecule has 0 unspecified atom stereocenters. The SMILES string of the molecule is CNc1nccn2c(-c3ccccc3N3CCOCC3)cnc12. The van der Waals surface area contributed by atoms with Crippen LogP contribution in [-0.2, 0) is 4.74 Å². The number of aromatic nitrogens is 3. The second-order valence-corrected chi connectivity index (χ2v) is 5.48. The number of fused-ring (bicyclic) bond motifs is 1. The first-order valence-electron chi connectivity index (χ1n) is 7.80. The number of ether oxygens (including phenoxy) is 1. The number of rotatable bonds is 3. The van der Waals surface area contributed by atoms with Crippen LogP contribution in [-0.4, -0.2) is 47.7 Å². The first-order valence-corrected chi connectivity index (χ1v) is 7.80. The van der Waals surface area contributed by atoms with Crippen molar-refractivity contribution in [3.8, 4) is 11.3 Å². The van der Waals surface area contributed by atoms with Crippen molar-refractivity contribution >= 4 is 17.2 Å². The van der Waals surface area contributed by atoms with E-state index < -0.39 is 0 Å². The molecule has 3 heterocycles. The van der Waals surface area contributed by atoms with Crippen molar-refractivity contribution in [2.45, 2.75) is 0 Å². The fourth-order valence-corrected chi connectivity index (χ4v) is 3.07. The molecule has 0 radical (unpaired) electrons. The number of morpholine rings is 1. The molecule has 0 amide bonds. The molecule has 6 nitrogen and oxygen atoms in total. The molecule has 1 N–H and O–H groups in total. The smallest absolute Gasteiger partial charge is 0.180 e. The van der Waals surface area contributed by atoms with Crippen LogP contribution in [0.5, 0.6) is 0 Å². The Balaban J connectivity index is 1.85. The predicted octanol–water partition coefficient (Wildman–Crippen LogP) is 2.27. The summed E-state index contributed by atoms with van der Waals surface area (Å²) in [5, 5.41) is 3.09. The maximum Gasteiger partial charge on any atom is 0.180 e. The van der Waals surface area contributed by atoms with Gasteiger partial charge in [-0.1, -0.05) is 18.2 Å². The van der Waals surface area contributed by atoms with Crippen LogP contribution in [0.4, 0.5) is 11.5 Å². The van der Waals surface area contributed by atoms with Gasteiger partial charge in [-0.05, 0) is 6.07 Å². The minimum Gasteiger partial charge on any atom is -0.378 e. The summed E-state index contributed by atoms with van der Waals surface area (Å²) >= 11 is 0. The highest BCUT2D eigenvalue weighted by atomic mass is 16.5. The van der Waals surface area contributed by atoms with E-state index in [2.05, 4.69) is 48.9 Å². The third-order valence-electron chi connectivity index (χ3n) is 4.20. The molecule has 0 saturated carbocycles. The Hall–Kier alpha value is -2.60. The molecule has 3 aromatic rings. The van der Waals surface area contributed by atoms with Crippen LogP contribution in [0.2, 0.25) is 0 Å². The van der Waals surface area contributed by atoms with Crippen LogP contribution in [0.3, 0.4) is 0 Å². The van der Waals surface area contributed by atoms with Gasteiger partial charge in [0.1, 0.15) is 0 Å². The lowest BCUT2D eigenvalue weighted by Crippen LogP contribution is -2.36. The number of hydrogen-bond acceptors (Lipinski definition) is 5. The maximum absolute atomic E-state index is 5.48. The van der Waals surface area contributed by atoms with E-state index in [0.29, 0.717) is 0 Å². The Labute approximate surface area is 134 Å². The summed E-state index contributed by atoms with van der Waals surface area (Å²) in [4.78, 5) is 11.2. The minimum atomic E-state index is 0.773. The van der Waals surface area contributed by atoms with Crippen LogP contribution in [0.1, 0.15) is 0 Å². The second kappa shape index (κ2) is 5.89. The first kappa shape index (κ1) is 14.0. The molecule has 1 aliphatic heterocycles. The van der Waals surface area contributed by atoms with E-state index in [1.165, 1.54) is 11.3 Å². The lowest BCUT2D eigenvalue weighted by molar-refractivity contribution is 0.123. The van der Waals surface area contributed by atoms with Gasteiger partial charge in [-0.15, -0.1) is 0 Å². The van der Waals surface area contributed by atoms with Gasteiger partial charge in [-0.3, -0.25) is 4.40 Å². The first-order chi connectivity index (χ1) is 11.4. The average molecular weight is 309 g/mol. The van der Waals surface area contributed by atoms with Crippen LogP contribution in [0.15, 0.2) is 42.9 Å². The van der Waals surface area contributed by atoms with E-state index >= 15 is 0 Å². The summed E-state index contributed by atoms with van der Waals surface area (Å²) in [6.07, 6.45) is 5.66. The van der Waals surface area contributed by atoms with Crippen molar-refractivity contribution in [2.75, 3.05) is 43.6 Å². The molecule has 0 spiro atoms. The van der Waals surface area contributed by atoms with Crippen molar-refractivity contribution in [1.29, 1.82) is 0 Å². The second-order valence-electron chi connectivity index (χ2n) is 5.48. The Morgan fingerprint density at radius 3 is 2.78 bits per heavy atom. The highest BCUT2D eigenvalue weighted by Crippen LogP contribution is 2.32. The monoisotopic (exact) mass is 309 g/mol. The molecule has 1 aliphatic rings. The fraction of sp³-hybridized carbons (Fsp3) is 0.294. The number of para-hydroxylation sites is 1. The Morgan fingerprint density at radius 2 is 1.96 bits per heavy atom. The van der Waals surface area contributed by atoms with Gasteiger partial charge < -0.3 is 15.0 Å². The summed E-state index contributed by atoms with van der Waals surface area (Å²) in [6.45, 7) is 3.37. The number of nitrogens with zero attached hydrogens (tertiary/aromatic N) is 4. The lowest BCUT2D eigenvalue weighted by Gasteiger charge is -2.30. The van der Waals surface area contributed by atoms with Crippen molar-refractivity contribution in [3.05, 3.63) is 42.9 Å². The minimum absolute atomic E-state index is 0.773. The number of imidazole rings is 1. The Morgan fingerprint density at radius 1 is 1.13 bits per heavy atom. The molecule has 4 rings (SSSR count). The van der Waals surface area contributed by atoms with Crippen LogP contribution < -0.4 is 10.2 Å². The molecule has 0 bridgehead atoms. The van der Waals surface area contributed by atoms with Crippen molar-refractivity contribution in [2.24, 2.45) is 0 Å². The van der Waals surface area contributed by atoms with Gasteiger partial charge >= 0.3 is 0 Å². The largest absolute Gasteiger partial charge is 0.378 e. The van der Waals surface area contributed by atoms with Crippen molar-refractivity contribution < 1.29 is 4.74 Å². The molecule has 6 heteroatoms. The molecule has 2 aromatic heterocycles. The molecule has 1 saturated heterocycles. The molecule has 1 fully saturated rings. The maximum atomic E-state index is 5.48. The predicted molar refractivity (Wildman–Crippen MR) is 91.0 cm³/mol. The zero-order chi connectivity index (χ0) is 15.6. The summed E-state index contributed by atoms with van der Waals surface area (Å²) < 4.78 is 7.56. The van der Waals surface area contributed by atoms with E-state index in [1.54, 1.807) is 6.20 Å². The van der Waals surface area contributed by atoms with Gasteiger partial charge in [-0.25, -0.2) is 9.97 Å². The lowest BCUT2D eigenvalue weighted by atomic mass is 10.1. The summed E-state index contributed by atoms with van der Waals surface area (Å²) in [7, 11) is 1.86. The van der Waals surface area contributed by atoms with E-state index in [1.807, 2.05) is 19.4 Å². The summed E-state index contributed by atoms with van der Waals surface area (Å²) in [5.41, 5.74) is 4.30. The van der Waals surface area contributed by atoms with Crippen molar-refractivity contribution in [3.63, 3.8) is 0 Å². The molecular weight excluding hydrogens is 290 g/mol. The standard InChI is InChI=1S/C17H19N5O/c1-18-16-17-20-12-15(22(17)7-6-19-16)13-4-2-3-5-14(13)21-8-10-23-11-9-21/h2-7,12H,8-11H2,1H3,(H,18,19). The normalized spacial score (nSPS) is 15.1. The Bertz CT molecular complexity index is 823. The van der Waals surface area contributed by atoms with E-state index in [4.69, 9.17) is 4.74 Å². The van der Waals surface area contributed by atoms with Crippen LogP contribution >= 0.6 is 0 Å². The van der Waals surface area contributed by atoms with E-state index in [-0.39, 0.29) is 0 Å². The van der Waals surface area contributed by atoms with Gasteiger partial charge in [0.05, 0.1) is 25.1 Å². The topological polar surface area (TPSA) is 54.7 Å². The third-order valence-corrected chi connectivity index (χ3v) is 4.20. The molecule has 1 aromatic carbocycles. The van der Waals surface area contributed by atoms with E-state index in [0.717, 1.165) is 43.5 Å². The zero-order valence-electron chi connectivity index (χ0n) is 13.1. The molecule has 118 valence electrons. The Kier molecular flexibility index (Phi) is 3.59. The third kappa shape index (κ3) is 2.41. The number of benzene rings is 1.